The average Bonchev–Trinajstić information content (AvgIpc) is 2.87. The van der Waals surface area contributed by atoms with E-state index in [0.29, 0.717) is 19.6 Å². The van der Waals surface area contributed by atoms with Gasteiger partial charge in [-0.15, -0.1) is 11.3 Å². The van der Waals surface area contributed by atoms with Gasteiger partial charge in [0.1, 0.15) is 5.60 Å². The maximum Gasteiger partial charge on any atom is 0.407 e. The number of ether oxygens (including phenoxy) is 1. The molecule has 0 aliphatic heterocycles. The number of rotatable bonds is 5. The number of hydrogen-bond acceptors (Lipinski definition) is 5. The Morgan fingerprint density at radius 3 is 2.75 bits per heavy atom. The van der Waals surface area contributed by atoms with E-state index in [-0.39, 0.29) is 5.56 Å². The highest BCUT2D eigenvalue weighted by Crippen LogP contribution is 2.29. The lowest BCUT2D eigenvalue weighted by Crippen LogP contribution is -2.36. The van der Waals surface area contributed by atoms with Crippen LogP contribution in [0, 0.1) is 0 Å². The molecule has 1 amide bonds. The highest BCUT2D eigenvalue weighted by molar-refractivity contribution is 9.10. The van der Waals surface area contributed by atoms with Gasteiger partial charge in [-0.3, -0.25) is 4.79 Å². The second-order valence-electron chi connectivity index (χ2n) is 6.45. The minimum atomic E-state index is -0.492. The van der Waals surface area contributed by atoms with Crippen molar-refractivity contribution in [2.24, 2.45) is 7.05 Å². The molecule has 2 rings (SSSR count). The Balaban J connectivity index is 1.84. The first kappa shape index (κ1) is 19.0. The number of carbonyl (C=O) groups is 1. The van der Waals surface area contributed by atoms with Crippen LogP contribution in [0.4, 0.5) is 4.79 Å². The van der Waals surface area contributed by atoms with Crippen LogP contribution in [0.15, 0.2) is 21.5 Å². The van der Waals surface area contributed by atoms with E-state index in [2.05, 4.69) is 26.6 Å². The lowest BCUT2D eigenvalue weighted by Gasteiger charge is -2.19. The summed E-state index contributed by atoms with van der Waals surface area (Å²) in [5, 5.41) is 6.67. The Labute approximate surface area is 153 Å². The van der Waals surface area contributed by atoms with Crippen LogP contribution in [-0.2, 0) is 18.3 Å². The predicted molar refractivity (Wildman–Crippen MR) is 101 cm³/mol. The van der Waals surface area contributed by atoms with Crippen LogP contribution in [0.2, 0.25) is 0 Å². The Morgan fingerprint density at radius 1 is 1.38 bits per heavy atom. The number of fused-ring (bicyclic) bond motifs is 1. The molecule has 0 bridgehead atoms. The number of amides is 1. The van der Waals surface area contributed by atoms with E-state index in [4.69, 9.17) is 4.74 Å². The van der Waals surface area contributed by atoms with E-state index in [1.165, 1.54) is 0 Å². The van der Waals surface area contributed by atoms with Crippen molar-refractivity contribution in [2.45, 2.75) is 32.9 Å². The number of alkyl carbamates (subject to hydrolysis) is 1. The van der Waals surface area contributed by atoms with E-state index in [9.17, 15) is 9.59 Å². The minimum Gasteiger partial charge on any atom is -0.444 e. The molecule has 0 radical (unpaired) electrons. The number of nitrogens with one attached hydrogen (secondary N) is 2. The van der Waals surface area contributed by atoms with Crippen LogP contribution in [0.1, 0.15) is 25.6 Å². The molecular weight excluding hydrogens is 394 g/mol. The van der Waals surface area contributed by atoms with Gasteiger partial charge in [-0.1, -0.05) is 0 Å². The third kappa shape index (κ3) is 5.06. The summed E-state index contributed by atoms with van der Waals surface area (Å²) in [5.74, 6) is 0. The normalized spacial score (nSPS) is 11.7. The fourth-order valence-electron chi connectivity index (χ4n) is 2.12. The maximum absolute atomic E-state index is 12.1. The third-order valence-electron chi connectivity index (χ3n) is 3.13. The largest absolute Gasteiger partial charge is 0.444 e. The molecule has 6 nitrogen and oxygen atoms in total. The smallest absolute Gasteiger partial charge is 0.407 e. The molecular formula is C16H22BrN3O3S. The molecule has 0 unspecified atom stereocenters. The SMILES string of the molecule is Cn1cc(Br)c2sc(CNCCNC(=O)OC(C)(C)C)cc2c1=O. The van der Waals surface area contributed by atoms with Crippen LogP contribution in [0.5, 0.6) is 0 Å². The fourth-order valence-corrected chi connectivity index (χ4v) is 3.90. The molecule has 24 heavy (non-hydrogen) atoms. The van der Waals surface area contributed by atoms with Gasteiger partial charge in [-0.25, -0.2) is 4.79 Å². The molecule has 0 fully saturated rings. The average molecular weight is 416 g/mol. The second-order valence-corrected chi connectivity index (χ2v) is 8.45. The molecule has 2 heterocycles. The number of thiophene rings is 1. The van der Waals surface area contributed by atoms with Gasteiger partial charge >= 0.3 is 6.09 Å². The van der Waals surface area contributed by atoms with Crippen molar-refractivity contribution >= 4 is 43.4 Å². The number of nitrogens with zero attached hydrogens (tertiary/aromatic N) is 1. The van der Waals surface area contributed by atoms with Crippen molar-refractivity contribution in [3.05, 3.63) is 32.0 Å². The minimum absolute atomic E-state index is 0.00212. The molecule has 0 aromatic carbocycles. The first-order valence-corrected chi connectivity index (χ1v) is 9.23. The van der Waals surface area contributed by atoms with E-state index < -0.39 is 11.7 Å². The molecule has 2 aromatic heterocycles. The molecule has 132 valence electrons. The summed E-state index contributed by atoms with van der Waals surface area (Å²) in [6.45, 7) is 7.22. The van der Waals surface area contributed by atoms with Crippen LogP contribution in [0.3, 0.4) is 0 Å². The molecule has 0 spiro atoms. The summed E-state index contributed by atoms with van der Waals surface area (Å²) >= 11 is 5.08. The lowest BCUT2D eigenvalue weighted by atomic mass is 10.2. The van der Waals surface area contributed by atoms with E-state index in [1.807, 2.05) is 26.8 Å². The molecule has 8 heteroatoms. The Kier molecular flexibility index (Phi) is 6.06. The van der Waals surface area contributed by atoms with Crippen LogP contribution >= 0.6 is 27.3 Å². The number of halogens is 1. The monoisotopic (exact) mass is 415 g/mol. The van der Waals surface area contributed by atoms with Crippen LogP contribution in [0.25, 0.3) is 10.1 Å². The lowest BCUT2D eigenvalue weighted by molar-refractivity contribution is 0.0528. The Morgan fingerprint density at radius 2 is 2.08 bits per heavy atom. The van der Waals surface area contributed by atoms with Gasteiger partial charge in [0.25, 0.3) is 5.56 Å². The zero-order chi connectivity index (χ0) is 17.9. The summed E-state index contributed by atoms with van der Waals surface area (Å²) in [4.78, 5) is 24.7. The molecule has 0 saturated heterocycles. The standard InChI is InChI=1S/C16H22BrN3O3S/c1-16(2,3)23-15(22)19-6-5-18-8-10-7-11-13(24-10)12(17)9-20(4)14(11)21/h7,9,18H,5-6,8H2,1-4H3,(H,19,22). The molecule has 0 saturated carbocycles. The van der Waals surface area contributed by atoms with Gasteiger partial charge in [0.05, 0.1) is 14.6 Å². The molecule has 2 aromatic rings. The zero-order valence-electron chi connectivity index (χ0n) is 14.2. The number of aromatic nitrogens is 1. The molecule has 2 N–H and O–H groups in total. The zero-order valence-corrected chi connectivity index (χ0v) is 16.6. The van der Waals surface area contributed by atoms with Gasteiger partial charge in [-0.2, -0.15) is 0 Å². The van der Waals surface area contributed by atoms with Crippen LogP contribution < -0.4 is 16.2 Å². The van der Waals surface area contributed by atoms with Gasteiger partial charge in [0, 0.05) is 37.8 Å². The third-order valence-corrected chi connectivity index (χ3v) is 5.16. The molecule has 0 aliphatic carbocycles. The van der Waals surface area contributed by atoms with Crippen molar-refractivity contribution in [2.75, 3.05) is 13.1 Å². The Hall–Kier alpha value is -1.38. The van der Waals surface area contributed by atoms with Gasteiger partial charge in [0.2, 0.25) is 0 Å². The number of pyridine rings is 1. The molecule has 0 atom stereocenters. The molecule has 0 aliphatic rings. The topological polar surface area (TPSA) is 72.4 Å². The summed E-state index contributed by atoms with van der Waals surface area (Å²) in [6.07, 6.45) is 1.36. The predicted octanol–water partition coefficient (Wildman–Crippen LogP) is 2.98. The first-order chi connectivity index (χ1) is 11.2. The second kappa shape index (κ2) is 7.67. The fraction of sp³-hybridized carbons (Fsp3) is 0.500. The number of carbonyl (C=O) groups excluding carboxylic acids is 1. The maximum atomic E-state index is 12.1. The van der Waals surface area contributed by atoms with Gasteiger partial charge in [-0.05, 0) is 42.8 Å². The number of aryl methyl sites for hydroxylation is 1. The van der Waals surface area contributed by atoms with Gasteiger partial charge in [0.15, 0.2) is 0 Å². The van der Waals surface area contributed by atoms with Crippen LogP contribution in [-0.4, -0.2) is 29.4 Å². The van der Waals surface area contributed by atoms with E-state index >= 15 is 0 Å². The highest BCUT2D eigenvalue weighted by Gasteiger charge is 2.15. The van der Waals surface area contributed by atoms with Crippen molar-refractivity contribution in [1.82, 2.24) is 15.2 Å². The van der Waals surface area contributed by atoms with Crippen molar-refractivity contribution in [3.8, 4) is 0 Å². The quantitative estimate of drug-likeness (QED) is 0.736. The Bertz CT molecular complexity index is 792. The number of hydrogen-bond donors (Lipinski definition) is 2. The van der Waals surface area contributed by atoms with Gasteiger partial charge < -0.3 is 19.9 Å². The van der Waals surface area contributed by atoms with Crippen molar-refractivity contribution < 1.29 is 9.53 Å². The van der Waals surface area contributed by atoms with E-state index in [1.54, 1.807) is 29.1 Å². The summed E-state index contributed by atoms with van der Waals surface area (Å²) < 4.78 is 8.61. The summed E-state index contributed by atoms with van der Waals surface area (Å²) in [7, 11) is 1.74. The highest BCUT2D eigenvalue weighted by atomic mass is 79.9. The summed E-state index contributed by atoms with van der Waals surface area (Å²) in [5.41, 5.74) is -0.490. The van der Waals surface area contributed by atoms with Crippen molar-refractivity contribution in [3.63, 3.8) is 0 Å². The summed E-state index contributed by atoms with van der Waals surface area (Å²) in [6, 6.07) is 1.92. The van der Waals surface area contributed by atoms with Crippen molar-refractivity contribution in [1.29, 1.82) is 0 Å². The first-order valence-electron chi connectivity index (χ1n) is 7.62. The van der Waals surface area contributed by atoms with E-state index in [0.717, 1.165) is 19.4 Å².